The number of amides is 1. The molecule has 6 heteroatoms. The molecule has 160 valence electrons. The van der Waals surface area contributed by atoms with Crippen molar-refractivity contribution in [3.63, 3.8) is 0 Å². The molecular formula is C25H24FNO3S. The lowest BCUT2D eigenvalue weighted by Gasteiger charge is -2.38. The van der Waals surface area contributed by atoms with Crippen molar-refractivity contribution in [3.8, 4) is 0 Å². The fourth-order valence-electron chi connectivity index (χ4n) is 4.14. The summed E-state index contributed by atoms with van der Waals surface area (Å²) in [6, 6.07) is 21.9. The third-order valence-corrected chi connectivity index (χ3v) is 7.96. The minimum Gasteiger partial charge on any atom is -0.337 e. The van der Waals surface area contributed by atoms with E-state index in [1.165, 1.54) is 12.1 Å². The Morgan fingerprint density at radius 3 is 2.23 bits per heavy atom. The van der Waals surface area contributed by atoms with Gasteiger partial charge in [0.2, 0.25) is 5.91 Å². The number of likely N-dealkylation sites (tertiary alicyclic amines) is 1. The van der Waals surface area contributed by atoms with E-state index in [1.807, 2.05) is 37.3 Å². The van der Waals surface area contributed by atoms with Crippen LogP contribution in [-0.2, 0) is 21.2 Å². The molecule has 2 atom stereocenters. The summed E-state index contributed by atoms with van der Waals surface area (Å²) in [6.07, 6.45) is 0.486. The topological polar surface area (TPSA) is 54.5 Å². The quantitative estimate of drug-likeness (QED) is 0.591. The van der Waals surface area contributed by atoms with Crippen LogP contribution in [0.4, 0.5) is 4.39 Å². The Balaban J connectivity index is 1.74. The molecule has 0 aliphatic carbocycles. The van der Waals surface area contributed by atoms with Gasteiger partial charge < -0.3 is 4.90 Å². The van der Waals surface area contributed by atoms with Gasteiger partial charge in [-0.05, 0) is 48.7 Å². The maximum absolute atomic E-state index is 13.6. The molecule has 0 N–H and O–H groups in total. The van der Waals surface area contributed by atoms with Crippen LogP contribution < -0.4 is 0 Å². The van der Waals surface area contributed by atoms with Gasteiger partial charge in [0, 0.05) is 19.0 Å². The lowest BCUT2D eigenvalue weighted by atomic mass is 9.88. The smallest absolute Gasteiger partial charge is 0.242 e. The van der Waals surface area contributed by atoms with Gasteiger partial charge in [-0.1, -0.05) is 60.2 Å². The molecule has 1 saturated heterocycles. The molecule has 0 radical (unpaired) electrons. The lowest BCUT2D eigenvalue weighted by Crippen LogP contribution is -2.51. The predicted molar refractivity (Wildman–Crippen MR) is 118 cm³/mol. The number of carbonyl (C=O) groups is 1. The summed E-state index contributed by atoms with van der Waals surface area (Å²) in [5.74, 6) is -1.34. The van der Waals surface area contributed by atoms with Crippen molar-refractivity contribution >= 4 is 15.7 Å². The number of benzene rings is 3. The van der Waals surface area contributed by atoms with E-state index < -0.39 is 32.7 Å². The number of halogens is 1. The largest absolute Gasteiger partial charge is 0.337 e. The van der Waals surface area contributed by atoms with Crippen LogP contribution in [0.1, 0.15) is 29.0 Å². The molecule has 1 fully saturated rings. The zero-order chi connectivity index (χ0) is 22.0. The van der Waals surface area contributed by atoms with Crippen molar-refractivity contribution < 1.29 is 17.6 Å². The fraction of sp³-hybridized carbons (Fsp3) is 0.240. The van der Waals surface area contributed by atoms with Crippen molar-refractivity contribution in [3.05, 3.63) is 101 Å². The van der Waals surface area contributed by atoms with Gasteiger partial charge in [0.1, 0.15) is 5.82 Å². The van der Waals surface area contributed by atoms with Gasteiger partial charge in [0.05, 0.1) is 4.90 Å². The minimum atomic E-state index is -3.95. The molecule has 0 unspecified atom stereocenters. The lowest BCUT2D eigenvalue weighted by molar-refractivity contribution is -0.134. The Kier molecular flexibility index (Phi) is 5.92. The van der Waals surface area contributed by atoms with E-state index in [1.54, 1.807) is 41.3 Å². The van der Waals surface area contributed by atoms with Gasteiger partial charge in [0.15, 0.2) is 15.1 Å². The number of hydrogen-bond acceptors (Lipinski definition) is 3. The normalized spacial score (nSPS) is 19.4. The minimum absolute atomic E-state index is 0.130. The van der Waals surface area contributed by atoms with E-state index in [0.717, 1.165) is 11.1 Å². The summed E-state index contributed by atoms with van der Waals surface area (Å²) in [5, 5.41) is -1.25. The number of piperidine rings is 1. The van der Waals surface area contributed by atoms with Gasteiger partial charge >= 0.3 is 0 Å². The van der Waals surface area contributed by atoms with Crippen LogP contribution in [0, 0.1) is 12.7 Å². The first-order valence-electron chi connectivity index (χ1n) is 10.2. The molecule has 1 heterocycles. The highest BCUT2D eigenvalue weighted by Crippen LogP contribution is 2.37. The van der Waals surface area contributed by atoms with Crippen LogP contribution in [0.15, 0.2) is 83.8 Å². The second kappa shape index (κ2) is 8.63. The van der Waals surface area contributed by atoms with Crippen molar-refractivity contribution in [2.45, 2.75) is 36.0 Å². The van der Waals surface area contributed by atoms with Crippen molar-refractivity contribution in [2.24, 2.45) is 0 Å². The maximum Gasteiger partial charge on any atom is 0.242 e. The predicted octanol–water partition coefficient (Wildman–Crippen LogP) is 4.49. The molecule has 1 aliphatic heterocycles. The number of carbonyl (C=O) groups excluding carboxylic acids is 1. The Morgan fingerprint density at radius 2 is 1.58 bits per heavy atom. The van der Waals surface area contributed by atoms with Crippen molar-refractivity contribution in [1.29, 1.82) is 0 Å². The summed E-state index contributed by atoms with van der Waals surface area (Å²) in [6.45, 7) is 2.68. The Labute approximate surface area is 182 Å². The number of rotatable bonds is 5. The van der Waals surface area contributed by atoms with Gasteiger partial charge in [-0.15, -0.1) is 0 Å². The van der Waals surface area contributed by atoms with E-state index in [2.05, 4.69) is 0 Å². The molecule has 3 aromatic carbocycles. The standard InChI is InChI=1S/C25H24FNO3S/c1-18-7-13-22(14-8-18)31(29,30)24-23(20-9-11-21(26)12-10-20)15-16-27(25(24)28)17-19-5-3-2-4-6-19/h2-14,23-24H,15-17H2,1H3/t23-,24-/m0/s1. The van der Waals surface area contributed by atoms with Gasteiger partial charge in [-0.3, -0.25) is 4.79 Å². The molecular weight excluding hydrogens is 413 g/mol. The molecule has 4 nitrogen and oxygen atoms in total. The third kappa shape index (κ3) is 4.39. The second-order valence-corrected chi connectivity index (χ2v) is 10.0. The van der Waals surface area contributed by atoms with Crippen LogP contribution in [-0.4, -0.2) is 31.0 Å². The summed E-state index contributed by atoms with van der Waals surface area (Å²) >= 11 is 0. The highest BCUT2D eigenvalue weighted by Gasteiger charge is 2.46. The van der Waals surface area contributed by atoms with Gasteiger partial charge in [0.25, 0.3) is 0 Å². The van der Waals surface area contributed by atoms with Crippen molar-refractivity contribution in [1.82, 2.24) is 4.90 Å². The van der Waals surface area contributed by atoms with Gasteiger partial charge in [-0.25, -0.2) is 12.8 Å². The first-order valence-corrected chi connectivity index (χ1v) is 11.8. The molecule has 0 spiro atoms. The van der Waals surface area contributed by atoms with Crippen LogP contribution in [0.5, 0.6) is 0 Å². The van der Waals surface area contributed by atoms with Crippen molar-refractivity contribution in [2.75, 3.05) is 6.54 Å². The number of aryl methyl sites for hydroxylation is 1. The molecule has 31 heavy (non-hydrogen) atoms. The molecule has 0 saturated carbocycles. The first-order chi connectivity index (χ1) is 14.9. The summed E-state index contributed by atoms with van der Waals surface area (Å²) in [5.41, 5.74) is 2.55. The molecule has 0 aromatic heterocycles. The third-order valence-electron chi connectivity index (χ3n) is 5.83. The molecule has 3 aromatic rings. The Morgan fingerprint density at radius 1 is 0.935 bits per heavy atom. The van der Waals surface area contributed by atoms with Gasteiger partial charge in [-0.2, -0.15) is 0 Å². The summed E-state index contributed by atoms with van der Waals surface area (Å²) in [7, 11) is -3.95. The SMILES string of the molecule is Cc1ccc(S(=O)(=O)[C@@H]2C(=O)N(Cc3ccccc3)CC[C@H]2c2ccc(F)cc2)cc1. The van der Waals surface area contributed by atoms with E-state index in [9.17, 15) is 17.6 Å². The van der Waals surface area contributed by atoms with E-state index in [-0.39, 0.29) is 4.90 Å². The van der Waals surface area contributed by atoms with E-state index in [0.29, 0.717) is 25.1 Å². The second-order valence-electron chi connectivity index (χ2n) is 7.97. The molecule has 4 rings (SSSR count). The Bertz CT molecular complexity index is 1160. The highest BCUT2D eigenvalue weighted by atomic mass is 32.2. The zero-order valence-electron chi connectivity index (χ0n) is 17.2. The van der Waals surface area contributed by atoms with E-state index >= 15 is 0 Å². The van der Waals surface area contributed by atoms with E-state index in [4.69, 9.17) is 0 Å². The first kappa shape index (κ1) is 21.2. The van der Waals surface area contributed by atoms with Crippen LogP contribution >= 0.6 is 0 Å². The monoisotopic (exact) mass is 437 g/mol. The van der Waals surface area contributed by atoms with Crippen LogP contribution in [0.3, 0.4) is 0 Å². The molecule has 0 bridgehead atoms. The average Bonchev–Trinajstić information content (AvgIpc) is 2.76. The maximum atomic E-state index is 13.6. The summed E-state index contributed by atoms with van der Waals surface area (Å²) < 4.78 is 40.7. The van der Waals surface area contributed by atoms with Crippen LogP contribution in [0.25, 0.3) is 0 Å². The summed E-state index contributed by atoms with van der Waals surface area (Å²) in [4.78, 5) is 15.3. The fourth-order valence-corrected chi connectivity index (χ4v) is 6.09. The molecule has 1 amide bonds. The van der Waals surface area contributed by atoms with Crippen LogP contribution in [0.2, 0.25) is 0 Å². The average molecular weight is 438 g/mol. The number of sulfone groups is 1. The number of nitrogens with zero attached hydrogens (tertiary/aromatic N) is 1. The number of hydrogen-bond donors (Lipinski definition) is 0. The molecule has 1 aliphatic rings. The highest BCUT2D eigenvalue weighted by molar-refractivity contribution is 7.92. The zero-order valence-corrected chi connectivity index (χ0v) is 18.1. The Hall–Kier alpha value is -2.99.